The van der Waals surface area contributed by atoms with Gasteiger partial charge in [0.05, 0.1) is 3.79 Å². The van der Waals surface area contributed by atoms with E-state index in [1.807, 2.05) is 0 Å². The van der Waals surface area contributed by atoms with Crippen molar-refractivity contribution >= 4 is 37.3 Å². The second-order valence-electron chi connectivity index (χ2n) is 5.79. The molecule has 3 heterocycles. The Hall–Kier alpha value is 0.0500. The Bertz CT molecular complexity index is 574. The molecule has 0 amide bonds. The molecule has 2 saturated heterocycles. The summed E-state index contributed by atoms with van der Waals surface area (Å²) in [4.78, 5) is 2.56. The molecule has 0 N–H and O–H groups in total. The van der Waals surface area contributed by atoms with Crippen LogP contribution in [-0.4, -0.2) is 49.8 Å². The molecule has 2 fully saturated rings. The van der Waals surface area contributed by atoms with Gasteiger partial charge in [0.2, 0.25) is 0 Å². The summed E-state index contributed by atoms with van der Waals surface area (Å²) in [5, 5.41) is 0. The molecular weight excluding hydrogens is 372 g/mol. The molecule has 2 aliphatic heterocycles. The van der Waals surface area contributed by atoms with Crippen molar-refractivity contribution in [1.82, 2.24) is 9.21 Å². The van der Waals surface area contributed by atoms with Crippen molar-refractivity contribution < 1.29 is 8.42 Å². The van der Waals surface area contributed by atoms with E-state index < -0.39 is 10.0 Å². The zero-order chi connectivity index (χ0) is 14.9. The van der Waals surface area contributed by atoms with Crippen molar-refractivity contribution in [2.45, 2.75) is 42.4 Å². The van der Waals surface area contributed by atoms with Crippen molar-refractivity contribution in [2.75, 3.05) is 26.2 Å². The lowest BCUT2D eigenvalue weighted by atomic mass is 10.0. The van der Waals surface area contributed by atoms with Gasteiger partial charge in [0, 0.05) is 19.1 Å². The lowest BCUT2D eigenvalue weighted by molar-refractivity contribution is 0.118. The first-order chi connectivity index (χ1) is 10.1. The van der Waals surface area contributed by atoms with Gasteiger partial charge in [-0.3, -0.25) is 0 Å². The highest BCUT2D eigenvalue weighted by molar-refractivity contribution is 9.11. The van der Waals surface area contributed by atoms with E-state index in [-0.39, 0.29) is 0 Å². The van der Waals surface area contributed by atoms with Crippen LogP contribution >= 0.6 is 27.3 Å². The lowest BCUT2D eigenvalue weighted by Gasteiger charge is -2.39. The molecule has 0 saturated carbocycles. The Kier molecular flexibility index (Phi) is 5.05. The van der Waals surface area contributed by atoms with Gasteiger partial charge >= 0.3 is 0 Å². The van der Waals surface area contributed by atoms with Crippen molar-refractivity contribution in [1.29, 1.82) is 0 Å². The van der Waals surface area contributed by atoms with Crippen molar-refractivity contribution in [3.8, 4) is 0 Å². The van der Waals surface area contributed by atoms with Crippen molar-refractivity contribution in [3.63, 3.8) is 0 Å². The first kappa shape index (κ1) is 15.9. The van der Waals surface area contributed by atoms with Crippen molar-refractivity contribution in [3.05, 3.63) is 15.9 Å². The molecule has 1 aromatic heterocycles. The van der Waals surface area contributed by atoms with Gasteiger partial charge in [0.15, 0.2) is 0 Å². The topological polar surface area (TPSA) is 40.6 Å². The Balaban J connectivity index is 1.62. The molecule has 7 heteroatoms. The van der Waals surface area contributed by atoms with Gasteiger partial charge < -0.3 is 4.90 Å². The number of rotatable bonds is 3. The van der Waals surface area contributed by atoms with Gasteiger partial charge in [-0.1, -0.05) is 6.42 Å². The molecule has 0 atom stereocenters. The van der Waals surface area contributed by atoms with Crippen LogP contribution in [0.3, 0.4) is 0 Å². The molecule has 1 aromatic rings. The van der Waals surface area contributed by atoms with Gasteiger partial charge in [0.25, 0.3) is 10.0 Å². The predicted molar refractivity (Wildman–Crippen MR) is 89.2 cm³/mol. The Labute approximate surface area is 139 Å². The fourth-order valence-electron chi connectivity index (χ4n) is 3.29. The highest BCUT2D eigenvalue weighted by Crippen LogP contribution is 2.30. The molecule has 0 aliphatic carbocycles. The number of hydrogen-bond donors (Lipinski definition) is 0. The van der Waals surface area contributed by atoms with E-state index in [1.54, 1.807) is 16.4 Å². The van der Waals surface area contributed by atoms with Crippen LogP contribution in [0.25, 0.3) is 0 Å². The summed E-state index contributed by atoms with van der Waals surface area (Å²) in [5.41, 5.74) is 0. The monoisotopic (exact) mass is 392 g/mol. The minimum Gasteiger partial charge on any atom is -0.300 e. The molecule has 3 rings (SSSR count). The van der Waals surface area contributed by atoms with Gasteiger partial charge in [-0.25, -0.2) is 8.42 Å². The van der Waals surface area contributed by atoms with E-state index in [0.29, 0.717) is 23.3 Å². The average molecular weight is 393 g/mol. The van der Waals surface area contributed by atoms with E-state index in [9.17, 15) is 8.42 Å². The molecule has 21 heavy (non-hydrogen) atoms. The largest absolute Gasteiger partial charge is 0.300 e. The Morgan fingerprint density at radius 1 is 1.05 bits per heavy atom. The number of hydrogen-bond acceptors (Lipinski definition) is 4. The van der Waals surface area contributed by atoms with E-state index in [4.69, 9.17) is 0 Å². The van der Waals surface area contributed by atoms with E-state index in [1.165, 1.54) is 43.7 Å². The van der Waals surface area contributed by atoms with Crippen molar-refractivity contribution in [2.24, 2.45) is 0 Å². The zero-order valence-corrected chi connectivity index (χ0v) is 15.2. The maximum absolute atomic E-state index is 12.6. The highest BCUT2D eigenvalue weighted by atomic mass is 79.9. The number of thiophene rings is 1. The second-order valence-corrected chi connectivity index (χ2v) is 10.4. The quantitative estimate of drug-likeness (QED) is 0.792. The van der Waals surface area contributed by atoms with Crippen LogP contribution in [-0.2, 0) is 10.0 Å². The average Bonchev–Trinajstić information content (AvgIpc) is 2.96. The summed E-state index contributed by atoms with van der Waals surface area (Å²) in [5.74, 6) is 0. The number of halogens is 1. The summed E-state index contributed by atoms with van der Waals surface area (Å²) in [6, 6.07) is 4.07. The number of piperidine rings is 2. The second kappa shape index (κ2) is 6.66. The van der Waals surface area contributed by atoms with Gasteiger partial charge in [-0.05, 0) is 66.8 Å². The number of nitrogens with zero attached hydrogens (tertiary/aromatic N) is 2. The minimum absolute atomic E-state index is 0.450. The number of sulfonamides is 1. The van der Waals surface area contributed by atoms with Crippen LogP contribution in [0.2, 0.25) is 0 Å². The molecular formula is C14H21BrN2O2S2. The normalized spacial score (nSPS) is 23.5. The SMILES string of the molecule is O=S(=O)(c1ccc(Br)s1)N1CCC(N2CCCCC2)CC1. The van der Waals surface area contributed by atoms with E-state index in [2.05, 4.69) is 20.8 Å². The van der Waals surface area contributed by atoms with Crippen LogP contribution in [0.4, 0.5) is 0 Å². The fraction of sp³-hybridized carbons (Fsp3) is 0.714. The smallest absolute Gasteiger partial charge is 0.252 e. The molecule has 0 radical (unpaired) electrons. The summed E-state index contributed by atoms with van der Waals surface area (Å²) in [6.07, 6.45) is 5.86. The molecule has 4 nitrogen and oxygen atoms in total. The first-order valence-corrected chi connectivity index (χ1v) is 10.6. The van der Waals surface area contributed by atoms with Gasteiger partial charge in [-0.2, -0.15) is 4.31 Å². The third-order valence-electron chi connectivity index (χ3n) is 4.47. The third-order valence-corrected chi connectivity index (χ3v) is 8.46. The Morgan fingerprint density at radius 3 is 2.29 bits per heavy atom. The third kappa shape index (κ3) is 3.52. The van der Waals surface area contributed by atoms with E-state index in [0.717, 1.165) is 16.6 Å². The fourth-order valence-corrected chi connectivity index (χ4v) is 6.93. The zero-order valence-electron chi connectivity index (χ0n) is 12.0. The predicted octanol–water partition coefficient (Wildman–Crippen LogP) is 3.15. The van der Waals surface area contributed by atoms with Crippen LogP contribution in [0.15, 0.2) is 20.1 Å². The standard InChI is InChI=1S/C14H21BrN2O2S2/c15-13-4-5-14(20-13)21(18,19)17-10-6-12(7-11-17)16-8-2-1-3-9-16/h4-5,12H,1-3,6-11H2. The van der Waals surface area contributed by atoms with E-state index >= 15 is 0 Å². The summed E-state index contributed by atoms with van der Waals surface area (Å²) < 4.78 is 28.1. The van der Waals surface area contributed by atoms with Gasteiger partial charge in [-0.15, -0.1) is 11.3 Å². The molecule has 0 aromatic carbocycles. The van der Waals surface area contributed by atoms with Gasteiger partial charge in [0.1, 0.15) is 4.21 Å². The lowest BCUT2D eigenvalue weighted by Crippen LogP contribution is -2.48. The summed E-state index contributed by atoms with van der Waals surface area (Å²) in [7, 11) is -3.29. The molecule has 2 aliphatic rings. The first-order valence-electron chi connectivity index (χ1n) is 7.57. The Morgan fingerprint density at radius 2 is 1.71 bits per heavy atom. The summed E-state index contributed by atoms with van der Waals surface area (Å²) in [6.45, 7) is 3.68. The maximum atomic E-state index is 12.6. The van der Waals surface area contributed by atoms with Crippen LogP contribution < -0.4 is 0 Å². The van der Waals surface area contributed by atoms with Crippen LogP contribution in [0.5, 0.6) is 0 Å². The summed E-state index contributed by atoms with van der Waals surface area (Å²) >= 11 is 4.63. The minimum atomic E-state index is -3.29. The molecule has 118 valence electrons. The molecule has 0 unspecified atom stereocenters. The van der Waals surface area contributed by atoms with Crippen LogP contribution in [0.1, 0.15) is 32.1 Å². The number of likely N-dealkylation sites (tertiary alicyclic amines) is 1. The maximum Gasteiger partial charge on any atom is 0.252 e. The molecule has 0 spiro atoms. The van der Waals surface area contributed by atoms with Crippen LogP contribution in [0, 0.1) is 0 Å². The molecule has 0 bridgehead atoms. The highest BCUT2D eigenvalue weighted by Gasteiger charge is 2.32.